The Balaban J connectivity index is 1.18. The lowest BCUT2D eigenvalue weighted by Gasteiger charge is -2.29. The molecule has 2 aliphatic heterocycles. The maximum Gasteiger partial charge on any atom is 0.254 e. The van der Waals surface area contributed by atoms with Crippen LogP contribution in [0.2, 0.25) is 0 Å². The Kier molecular flexibility index (Phi) is 9.82. The van der Waals surface area contributed by atoms with E-state index in [0.717, 1.165) is 56.0 Å². The number of aliphatic hydroxyl groups is 1. The van der Waals surface area contributed by atoms with Gasteiger partial charge in [-0.25, -0.2) is 4.98 Å². The number of likely N-dealkylation sites (tertiary alicyclic amines) is 2. The third-order valence-electron chi connectivity index (χ3n) is 8.65. The molecule has 43 heavy (non-hydrogen) atoms. The number of aliphatic hydroxyl groups excluding tert-OH is 1. The number of amides is 2. The summed E-state index contributed by atoms with van der Waals surface area (Å²) in [6, 6.07) is 8.99. The summed E-state index contributed by atoms with van der Waals surface area (Å²) in [5, 5.41) is 16.9. The fourth-order valence-corrected chi connectivity index (χ4v) is 6.09. The van der Waals surface area contributed by atoms with Gasteiger partial charge in [0.25, 0.3) is 5.88 Å². The Morgan fingerprint density at radius 1 is 1.12 bits per heavy atom. The number of imidazole rings is 1. The first-order chi connectivity index (χ1) is 20.7. The molecule has 2 amide bonds. The molecule has 0 spiro atoms. The van der Waals surface area contributed by atoms with Gasteiger partial charge < -0.3 is 29.2 Å². The van der Waals surface area contributed by atoms with Gasteiger partial charge in [-0.2, -0.15) is 0 Å². The average molecular weight is 593 g/mol. The Hall–Kier alpha value is -3.70. The summed E-state index contributed by atoms with van der Waals surface area (Å²) in [4.78, 5) is 35.6. The normalized spacial score (nSPS) is 19.5. The van der Waals surface area contributed by atoms with Gasteiger partial charge in [-0.15, -0.1) is 0 Å². The standard InChI is InChI=1S/C32H44N6O5/c1-21(2)30(28-20-29(35-43-28)42-19-18-36-15-11-26(39)12-16-36)32(41)38-14-5-6-27(38)31(40)34-22(3)24-7-9-25(10-8-24)37-17-13-33-23(37)4/h7-10,13,17,20-22,26-27,30,39H,5-6,11-12,14-16,18-19H2,1-4H3,(H,34,40)/t22-,27-,30+/m0/s1. The van der Waals surface area contributed by atoms with Crippen molar-refractivity contribution in [1.29, 1.82) is 0 Å². The minimum Gasteiger partial charge on any atom is -0.474 e. The number of carbonyl (C=O) groups excluding carboxylic acids is 2. The number of carbonyl (C=O) groups is 2. The predicted molar refractivity (Wildman–Crippen MR) is 161 cm³/mol. The van der Waals surface area contributed by atoms with Gasteiger partial charge in [-0.1, -0.05) is 26.0 Å². The number of hydrogen-bond donors (Lipinski definition) is 2. The monoisotopic (exact) mass is 592 g/mol. The summed E-state index contributed by atoms with van der Waals surface area (Å²) in [7, 11) is 0. The summed E-state index contributed by atoms with van der Waals surface area (Å²) in [5.41, 5.74) is 1.99. The summed E-state index contributed by atoms with van der Waals surface area (Å²) >= 11 is 0. The molecule has 11 nitrogen and oxygen atoms in total. The van der Waals surface area contributed by atoms with Gasteiger partial charge in [0.2, 0.25) is 11.8 Å². The van der Waals surface area contributed by atoms with E-state index < -0.39 is 12.0 Å². The molecule has 0 unspecified atom stereocenters. The second kappa shape index (κ2) is 13.7. The Bertz CT molecular complexity index is 1360. The van der Waals surface area contributed by atoms with Crippen molar-refractivity contribution in [2.24, 2.45) is 5.92 Å². The van der Waals surface area contributed by atoms with Crippen LogP contribution >= 0.6 is 0 Å². The van der Waals surface area contributed by atoms with Gasteiger partial charge in [-0.3, -0.25) is 14.5 Å². The second-order valence-electron chi connectivity index (χ2n) is 12.1. The highest BCUT2D eigenvalue weighted by molar-refractivity contribution is 5.91. The van der Waals surface area contributed by atoms with Gasteiger partial charge in [-0.05, 0) is 68.3 Å². The summed E-state index contributed by atoms with van der Waals surface area (Å²) in [6.45, 7) is 11.3. The molecule has 1 aromatic carbocycles. The molecule has 0 radical (unpaired) electrons. The lowest BCUT2D eigenvalue weighted by molar-refractivity contribution is -0.141. The number of ether oxygens (including phenoxy) is 1. The highest BCUT2D eigenvalue weighted by atomic mass is 16.5. The molecule has 0 saturated carbocycles. The van der Waals surface area contributed by atoms with Crippen molar-refractivity contribution in [3.63, 3.8) is 0 Å². The zero-order valence-corrected chi connectivity index (χ0v) is 25.6. The number of nitrogens with zero attached hydrogens (tertiary/aromatic N) is 5. The van der Waals surface area contributed by atoms with Gasteiger partial charge in [0.05, 0.1) is 12.1 Å². The molecule has 0 aliphatic carbocycles. The molecule has 2 fully saturated rings. The molecular formula is C32H44N6O5. The van der Waals surface area contributed by atoms with E-state index in [9.17, 15) is 14.7 Å². The van der Waals surface area contributed by atoms with E-state index in [-0.39, 0.29) is 29.9 Å². The molecule has 3 atom stereocenters. The number of benzene rings is 1. The molecule has 0 bridgehead atoms. The molecule has 3 aromatic rings. The first kappa shape index (κ1) is 30.7. The van der Waals surface area contributed by atoms with Crippen LogP contribution in [0.3, 0.4) is 0 Å². The molecule has 2 saturated heterocycles. The first-order valence-corrected chi connectivity index (χ1v) is 15.4. The molecule has 5 rings (SSSR count). The third-order valence-corrected chi connectivity index (χ3v) is 8.65. The molecular weight excluding hydrogens is 548 g/mol. The van der Waals surface area contributed by atoms with E-state index in [4.69, 9.17) is 9.26 Å². The van der Waals surface area contributed by atoms with Crippen molar-refractivity contribution in [2.75, 3.05) is 32.8 Å². The van der Waals surface area contributed by atoms with Crippen molar-refractivity contribution < 1.29 is 24.0 Å². The molecule has 232 valence electrons. The van der Waals surface area contributed by atoms with E-state index in [1.807, 2.05) is 62.7 Å². The quantitative estimate of drug-likeness (QED) is 0.346. The minimum absolute atomic E-state index is 0.0611. The van der Waals surface area contributed by atoms with Crippen molar-refractivity contribution >= 4 is 11.8 Å². The van der Waals surface area contributed by atoms with Crippen LogP contribution in [-0.2, 0) is 9.59 Å². The Morgan fingerprint density at radius 2 is 1.86 bits per heavy atom. The number of aryl methyl sites for hydroxylation is 1. The topological polar surface area (TPSA) is 126 Å². The third kappa shape index (κ3) is 7.27. The van der Waals surface area contributed by atoms with Crippen molar-refractivity contribution in [2.45, 2.75) is 77.5 Å². The zero-order valence-electron chi connectivity index (χ0n) is 25.6. The number of hydrogen-bond acceptors (Lipinski definition) is 8. The van der Waals surface area contributed by atoms with E-state index >= 15 is 0 Å². The summed E-state index contributed by atoms with van der Waals surface area (Å²) in [6.07, 6.45) is 6.42. The van der Waals surface area contributed by atoms with E-state index in [1.54, 1.807) is 17.2 Å². The number of aromatic nitrogens is 3. The molecule has 2 N–H and O–H groups in total. The van der Waals surface area contributed by atoms with Crippen molar-refractivity contribution in [1.82, 2.24) is 29.8 Å². The average Bonchev–Trinajstić information content (AvgIpc) is 3.76. The number of nitrogens with one attached hydrogen (secondary N) is 1. The first-order valence-electron chi connectivity index (χ1n) is 15.4. The van der Waals surface area contributed by atoms with Crippen LogP contribution in [0, 0.1) is 12.8 Å². The molecule has 2 aromatic heterocycles. The molecule has 2 aliphatic rings. The van der Waals surface area contributed by atoms with Crippen LogP contribution in [0.25, 0.3) is 5.69 Å². The van der Waals surface area contributed by atoms with Crippen LogP contribution in [0.5, 0.6) is 5.88 Å². The molecule has 4 heterocycles. The lowest BCUT2D eigenvalue weighted by Crippen LogP contribution is -2.48. The highest BCUT2D eigenvalue weighted by Crippen LogP contribution is 2.32. The smallest absolute Gasteiger partial charge is 0.254 e. The predicted octanol–water partition coefficient (Wildman–Crippen LogP) is 3.61. The van der Waals surface area contributed by atoms with Gasteiger partial charge >= 0.3 is 0 Å². The van der Waals surface area contributed by atoms with Gasteiger partial charge in [0.15, 0.2) is 5.76 Å². The van der Waals surface area contributed by atoms with Gasteiger partial charge in [0, 0.05) is 50.3 Å². The van der Waals surface area contributed by atoms with Crippen molar-refractivity contribution in [3.05, 3.63) is 59.9 Å². The maximum absolute atomic E-state index is 13.9. The fraction of sp³-hybridized carbons (Fsp3) is 0.562. The van der Waals surface area contributed by atoms with E-state index in [1.165, 1.54) is 0 Å². The number of piperidine rings is 1. The van der Waals surface area contributed by atoms with Crippen LogP contribution < -0.4 is 10.1 Å². The minimum atomic E-state index is -0.571. The largest absolute Gasteiger partial charge is 0.474 e. The second-order valence-corrected chi connectivity index (χ2v) is 12.1. The molecule has 11 heteroatoms. The van der Waals surface area contributed by atoms with E-state index in [0.29, 0.717) is 31.2 Å². The summed E-state index contributed by atoms with van der Waals surface area (Å²) in [5.74, 6) is 0.793. The Labute approximate surface area is 253 Å². The zero-order chi connectivity index (χ0) is 30.5. The number of rotatable bonds is 11. The van der Waals surface area contributed by atoms with Crippen molar-refractivity contribution in [3.8, 4) is 11.6 Å². The van der Waals surface area contributed by atoms with Crippen LogP contribution in [0.15, 0.2) is 47.2 Å². The van der Waals surface area contributed by atoms with Gasteiger partial charge in [0.1, 0.15) is 24.4 Å². The lowest BCUT2D eigenvalue weighted by atomic mass is 9.91. The van der Waals surface area contributed by atoms with Crippen LogP contribution in [-0.4, -0.2) is 86.4 Å². The van der Waals surface area contributed by atoms with E-state index in [2.05, 4.69) is 20.4 Å². The SMILES string of the molecule is Cc1nccn1-c1ccc([C@H](C)NC(=O)[C@@H]2CCCN2C(=O)[C@@H](c2cc(OCCN3CCC(O)CC3)no2)C(C)C)cc1. The fourth-order valence-electron chi connectivity index (χ4n) is 6.09. The highest BCUT2D eigenvalue weighted by Gasteiger charge is 2.40. The van der Waals surface area contributed by atoms with Crippen LogP contribution in [0.4, 0.5) is 0 Å². The maximum atomic E-state index is 13.9. The summed E-state index contributed by atoms with van der Waals surface area (Å²) < 4.78 is 13.4. The Morgan fingerprint density at radius 3 is 2.53 bits per heavy atom. The van der Waals surface area contributed by atoms with Crippen LogP contribution in [0.1, 0.15) is 75.6 Å².